The Morgan fingerprint density at radius 2 is 1.88 bits per heavy atom. The Labute approximate surface area is 152 Å². The molecule has 0 unspecified atom stereocenters. The molecular weight excluding hydrogens is 332 g/mol. The standard InChI is InChI=1S/C20H22N2O4/c1-4-13-7-5-6-8-15(13)21-16-12-19(23)22(20(16)24)17-10-9-14(25-2)11-18(17)26-3/h5-11,16,21H,4,12H2,1-3H3/t16-/m0/s1. The zero-order valence-electron chi connectivity index (χ0n) is 15.1. The van der Waals surface area contributed by atoms with Gasteiger partial charge in [0.15, 0.2) is 0 Å². The summed E-state index contributed by atoms with van der Waals surface area (Å²) >= 11 is 0. The van der Waals surface area contributed by atoms with Crippen molar-refractivity contribution in [1.82, 2.24) is 0 Å². The van der Waals surface area contributed by atoms with Gasteiger partial charge in [-0.05, 0) is 30.2 Å². The van der Waals surface area contributed by atoms with E-state index in [1.807, 2.05) is 24.3 Å². The predicted molar refractivity (Wildman–Crippen MR) is 99.9 cm³/mol. The Kier molecular flexibility index (Phi) is 5.11. The first-order valence-electron chi connectivity index (χ1n) is 8.52. The summed E-state index contributed by atoms with van der Waals surface area (Å²) in [5.74, 6) is 0.464. The Morgan fingerprint density at radius 1 is 1.12 bits per heavy atom. The maximum absolute atomic E-state index is 12.9. The molecule has 1 atom stereocenters. The number of methoxy groups -OCH3 is 2. The van der Waals surface area contributed by atoms with Crippen LogP contribution in [0, 0.1) is 0 Å². The number of anilines is 2. The molecule has 1 saturated heterocycles. The van der Waals surface area contributed by atoms with E-state index in [1.54, 1.807) is 25.3 Å². The highest BCUT2D eigenvalue weighted by Crippen LogP contribution is 2.35. The number of carbonyl (C=O) groups is 2. The van der Waals surface area contributed by atoms with Crippen molar-refractivity contribution >= 4 is 23.2 Å². The summed E-state index contributed by atoms with van der Waals surface area (Å²) < 4.78 is 10.5. The number of rotatable bonds is 6. The lowest BCUT2D eigenvalue weighted by Crippen LogP contribution is -2.35. The summed E-state index contributed by atoms with van der Waals surface area (Å²) in [6.07, 6.45) is 0.945. The molecule has 2 amide bonds. The highest BCUT2D eigenvalue weighted by Gasteiger charge is 2.41. The third kappa shape index (κ3) is 3.22. The van der Waals surface area contributed by atoms with Gasteiger partial charge >= 0.3 is 0 Å². The molecule has 0 bridgehead atoms. The number of hydrogen-bond acceptors (Lipinski definition) is 5. The van der Waals surface area contributed by atoms with Crippen LogP contribution in [0.25, 0.3) is 0 Å². The minimum Gasteiger partial charge on any atom is -0.497 e. The van der Waals surface area contributed by atoms with E-state index in [0.717, 1.165) is 17.7 Å². The fourth-order valence-electron chi connectivity index (χ4n) is 3.12. The molecule has 1 N–H and O–H groups in total. The fourth-order valence-corrected chi connectivity index (χ4v) is 3.12. The van der Waals surface area contributed by atoms with Gasteiger partial charge in [0, 0.05) is 11.8 Å². The lowest BCUT2D eigenvalue weighted by atomic mass is 10.1. The lowest BCUT2D eigenvalue weighted by molar-refractivity contribution is -0.121. The molecule has 0 aromatic heterocycles. The van der Waals surface area contributed by atoms with Crippen LogP contribution in [0.4, 0.5) is 11.4 Å². The Bertz CT molecular complexity index is 834. The van der Waals surface area contributed by atoms with Crippen molar-refractivity contribution in [2.24, 2.45) is 0 Å². The number of amides is 2. The number of aryl methyl sites for hydroxylation is 1. The third-order valence-corrected chi connectivity index (χ3v) is 4.50. The number of ether oxygens (including phenoxy) is 2. The van der Waals surface area contributed by atoms with Crippen LogP contribution in [0.1, 0.15) is 18.9 Å². The highest BCUT2D eigenvalue weighted by molar-refractivity contribution is 6.23. The molecule has 6 heteroatoms. The Balaban J connectivity index is 1.88. The first kappa shape index (κ1) is 17.8. The van der Waals surface area contributed by atoms with Crippen molar-refractivity contribution < 1.29 is 19.1 Å². The minimum atomic E-state index is -0.595. The van der Waals surface area contributed by atoms with Crippen LogP contribution >= 0.6 is 0 Å². The first-order chi connectivity index (χ1) is 12.6. The number of imide groups is 1. The van der Waals surface area contributed by atoms with Crippen LogP contribution in [0.15, 0.2) is 42.5 Å². The van der Waals surface area contributed by atoms with Gasteiger partial charge in [0.05, 0.1) is 26.3 Å². The number of benzene rings is 2. The average molecular weight is 354 g/mol. The van der Waals surface area contributed by atoms with Gasteiger partial charge in [-0.1, -0.05) is 25.1 Å². The molecule has 136 valence electrons. The summed E-state index contributed by atoms with van der Waals surface area (Å²) in [6.45, 7) is 2.05. The number of para-hydroxylation sites is 1. The summed E-state index contributed by atoms with van der Waals surface area (Å²) in [6, 6.07) is 12.2. The molecule has 2 aromatic carbocycles. The van der Waals surface area contributed by atoms with Crippen LogP contribution < -0.4 is 19.7 Å². The van der Waals surface area contributed by atoms with Crippen molar-refractivity contribution in [2.75, 3.05) is 24.4 Å². The second-order valence-corrected chi connectivity index (χ2v) is 6.02. The fraction of sp³-hybridized carbons (Fsp3) is 0.300. The Hall–Kier alpha value is -3.02. The summed E-state index contributed by atoms with van der Waals surface area (Å²) in [7, 11) is 3.04. The predicted octanol–water partition coefficient (Wildman–Crippen LogP) is 3.01. The van der Waals surface area contributed by atoms with Gasteiger partial charge in [0.2, 0.25) is 5.91 Å². The van der Waals surface area contributed by atoms with Gasteiger partial charge in [-0.3, -0.25) is 9.59 Å². The number of hydrogen-bond donors (Lipinski definition) is 1. The molecule has 1 heterocycles. The molecule has 0 saturated carbocycles. The number of nitrogens with one attached hydrogen (secondary N) is 1. The molecule has 26 heavy (non-hydrogen) atoms. The van der Waals surface area contributed by atoms with E-state index in [2.05, 4.69) is 12.2 Å². The van der Waals surface area contributed by atoms with Crippen LogP contribution in [-0.4, -0.2) is 32.1 Å². The first-order valence-corrected chi connectivity index (χ1v) is 8.52. The molecule has 0 spiro atoms. The molecule has 2 aromatic rings. The smallest absolute Gasteiger partial charge is 0.256 e. The van der Waals surface area contributed by atoms with Crippen molar-refractivity contribution in [3.05, 3.63) is 48.0 Å². The van der Waals surface area contributed by atoms with E-state index in [-0.39, 0.29) is 18.2 Å². The Morgan fingerprint density at radius 3 is 2.58 bits per heavy atom. The maximum atomic E-state index is 12.9. The molecule has 6 nitrogen and oxygen atoms in total. The van der Waals surface area contributed by atoms with Crippen LogP contribution in [0.3, 0.4) is 0 Å². The third-order valence-electron chi connectivity index (χ3n) is 4.50. The average Bonchev–Trinajstić information content (AvgIpc) is 2.94. The van der Waals surface area contributed by atoms with Crippen LogP contribution in [-0.2, 0) is 16.0 Å². The van der Waals surface area contributed by atoms with Gasteiger partial charge in [-0.25, -0.2) is 4.90 Å². The van der Waals surface area contributed by atoms with Crippen molar-refractivity contribution in [3.63, 3.8) is 0 Å². The monoisotopic (exact) mass is 354 g/mol. The molecule has 1 fully saturated rings. The lowest BCUT2D eigenvalue weighted by Gasteiger charge is -2.19. The molecule has 0 aliphatic carbocycles. The summed E-state index contributed by atoms with van der Waals surface area (Å²) in [5, 5.41) is 3.22. The van der Waals surface area contributed by atoms with Crippen LogP contribution in [0.2, 0.25) is 0 Å². The topological polar surface area (TPSA) is 67.9 Å². The largest absolute Gasteiger partial charge is 0.497 e. The van der Waals surface area contributed by atoms with E-state index in [0.29, 0.717) is 17.2 Å². The highest BCUT2D eigenvalue weighted by atomic mass is 16.5. The molecule has 3 rings (SSSR count). The van der Waals surface area contributed by atoms with Gasteiger partial charge < -0.3 is 14.8 Å². The number of carbonyl (C=O) groups excluding carboxylic acids is 2. The van der Waals surface area contributed by atoms with Crippen molar-refractivity contribution in [2.45, 2.75) is 25.8 Å². The van der Waals surface area contributed by atoms with E-state index in [1.165, 1.54) is 12.0 Å². The van der Waals surface area contributed by atoms with Crippen molar-refractivity contribution in [1.29, 1.82) is 0 Å². The molecule has 1 aliphatic heterocycles. The van der Waals surface area contributed by atoms with Gasteiger partial charge in [-0.15, -0.1) is 0 Å². The summed E-state index contributed by atoms with van der Waals surface area (Å²) in [4.78, 5) is 26.6. The SMILES string of the molecule is CCc1ccccc1N[C@H]1CC(=O)N(c2ccc(OC)cc2OC)C1=O. The van der Waals surface area contributed by atoms with Crippen molar-refractivity contribution in [3.8, 4) is 11.5 Å². The second-order valence-electron chi connectivity index (χ2n) is 6.02. The van der Waals surface area contributed by atoms with E-state index >= 15 is 0 Å². The van der Waals surface area contributed by atoms with Gasteiger partial charge in [0.1, 0.15) is 17.5 Å². The molecule has 0 radical (unpaired) electrons. The zero-order chi connectivity index (χ0) is 18.7. The summed E-state index contributed by atoms with van der Waals surface area (Å²) in [5.41, 5.74) is 2.41. The van der Waals surface area contributed by atoms with E-state index in [4.69, 9.17) is 9.47 Å². The van der Waals surface area contributed by atoms with Gasteiger partial charge in [0.25, 0.3) is 5.91 Å². The normalized spacial score (nSPS) is 16.7. The molecule has 1 aliphatic rings. The van der Waals surface area contributed by atoms with Gasteiger partial charge in [-0.2, -0.15) is 0 Å². The van der Waals surface area contributed by atoms with E-state index < -0.39 is 6.04 Å². The minimum absolute atomic E-state index is 0.103. The van der Waals surface area contributed by atoms with E-state index in [9.17, 15) is 9.59 Å². The number of nitrogens with zero attached hydrogens (tertiary/aromatic N) is 1. The zero-order valence-corrected chi connectivity index (χ0v) is 15.1. The second kappa shape index (κ2) is 7.47. The molecular formula is C20H22N2O4. The quantitative estimate of drug-likeness (QED) is 0.808. The van der Waals surface area contributed by atoms with Crippen LogP contribution in [0.5, 0.6) is 11.5 Å². The maximum Gasteiger partial charge on any atom is 0.256 e.